The maximum Gasteiger partial charge on any atom is 0.335 e. The van der Waals surface area contributed by atoms with Gasteiger partial charge < -0.3 is 15.7 Å². The maximum atomic E-state index is 13.5. The van der Waals surface area contributed by atoms with E-state index in [9.17, 15) is 28.3 Å². The summed E-state index contributed by atoms with van der Waals surface area (Å²) in [6, 6.07) is 4.13. The monoisotopic (exact) mass is 535 g/mol. The fourth-order valence-electron chi connectivity index (χ4n) is 4.26. The average Bonchev–Trinajstić information content (AvgIpc) is 3.29. The number of hydrogen-bond donors (Lipinski definition) is 3. The minimum Gasteiger partial charge on any atom is -0.478 e. The summed E-state index contributed by atoms with van der Waals surface area (Å²) < 4.78 is 28.1. The number of aryl methyl sites for hydroxylation is 1. The molecule has 1 aliphatic rings. The number of aliphatic carboxylic acids is 1. The van der Waals surface area contributed by atoms with E-state index in [-0.39, 0.29) is 23.5 Å². The number of fused-ring (bicyclic) bond motifs is 1. The fourth-order valence-corrected chi connectivity index (χ4v) is 4.26. The largest absolute Gasteiger partial charge is 0.478 e. The van der Waals surface area contributed by atoms with Crippen molar-refractivity contribution in [1.82, 2.24) is 25.2 Å². The number of nitrogens with zero attached hydrogens (tertiary/aromatic N) is 3. The van der Waals surface area contributed by atoms with Crippen molar-refractivity contribution >= 4 is 23.4 Å². The van der Waals surface area contributed by atoms with E-state index in [0.717, 1.165) is 17.7 Å². The Labute approximate surface area is 222 Å². The van der Waals surface area contributed by atoms with Gasteiger partial charge in [0.25, 0.3) is 11.8 Å². The third-order valence-corrected chi connectivity index (χ3v) is 6.50. The molecule has 0 saturated carbocycles. The van der Waals surface area contributed by atoms with Crippen LogP contribution < -0.4 is 10.6 Å². The number of allylic oxidation sites excluding steroid dienone is 1. The van der Waals surface area contributed by atoms with Gasteiger partial charge in [0.2, 0.25) is 0 Å². The fraction of sp³-hybridized carbons (Fsp3) is 0.250. The number of carbonyl (C=O) groups is 3. The number of amides is 2. The molecular formula is C28H27F2N5O4. The molecule has 1 aliphatic carbocycles. The normalized spacial score (nSPS) is 18.7. The number of rotatable bonds is 6. The van der Waals surface area contributed by atoms with Crippen molar-refractivity contribution in [3.05, 3.63) is 100 Å². The van der Waals surface area contributed by atoms with Crippen molar-refractivity contribution in [3.63, 3.8) is 0 Å². The van der Waals surface area contributed by atoms with Gasteiger partial charge in [0.15, 0.2) is 17.3 Å². The van der Waals surface area contributed by atoms with Crippen LogP contribution >= 0.6 is 0 Å². The number of hydrogen-bond acceptors (Lipinski definition) is 5. The summed E-state index contributed by atoms with van der Waals surface area (Å²) in [7, 11) is 0. The first-order valence-electron chi connectivity index (χ1n) is 12.2. The lowest BCUT2D eigenvalue weighted by Gasteiger charge is -2.19. The Kier molecular flexibility index (Phi) is 7.99. The van der Waals surface area contributed by atoms with E-state index >= 15 is 0 Å². The topological polar surface area (TPSA) is 126 Å². The summed E-state index contributed by atoms with van der Waals surface area (Å²) in [4.78, 5) is 42.3. The summed E-state index contributed by atoms with van der Waals surface area (Å²) in [5.41, 5.74) is 2.76. The van der Waals surface area contributed by atoms with E-state index in [1.54, 1.807) is 19.9 Å². The molecular weight excluding hydrogens is 508 g/mol. The van der Waals surface area contributed by atoms with Crippen LogP contribution in [0.15, 0.2) is 65.9 Å². The minimum atomic E-state index is -1.03. The van der Waals surface area contributed by atoms with Crippen molar-refractivity contribution < 1.29 is 28.3 Å². The van der Waals surface area contributed by atoms with Crippen molar-refractivity contribution in [2.45, 2.75) is 45.7 Å². The van der Waals surface area contributed by atoms with E-state index in [1.165, 1.54) is 28.9 Å². The highest BCUT2D eigenvalue weighted by atomic mass is 19.2. The second-order valence-corrected chi connectivity index (χ2v) is 9.35. The van der Waals surface area contributed by atoms with Crippen LogP contribution in [0.25, 0.3) is 5.65 Å². The van der Waals surface area contributed by atoms with Gasteiger partial charge in [-0.2, -0.15) is 5.10 Å². The number of carboxylic acids is 1. The van der Waals surface area contributed by atoms with Gasteiger partial charge in [-0.3, -0.25) is 9.59 Å². The Morgan fingerprint density at radius 3 is 2.62 bits per heavy atom. The van der Waals surface area contributed by atoms with E-state index in [4.69, 9.17) is 0 Å². The Balaban J connectivity index is 1.57. The molecule has 0 spiro atoms. The molecule has 2 amide bonds. The first-order chi connectivity index (χ1) is 18.5. The molecule has 39 heavy (non-hydrogen) atoms. The number of carboxylic acid groups (broad SMARTS) is 1. The highest BCUT2D eigenvalue weighted by Gasteiger charge is 2.23. The van der Waals surface area contributed by atoms with E-state index in [2.05, 4.69) is 27.3 Å². The third kappa shape index (κ3) is 6.08. The summed E-state index contributed by atoms with van der Waals surface area (Å²) in [5, 5.41) is 19.2. The van der Waals surface area contributed by atoms with Gasteiger partial charge in [-0.05, 0) is 62.5 Å². The number of aromatic nitrogens is 3. The quantitative estimate of drug-likeness (QED) is 0.438. The van der Waals surface area contributed by atoms with Crippen LogP contribution in [0.2, 0.25) is 0 Å². The van der Waals surface area contributed by atoms with Gasteiger partial charge >= 0.3 is 5.97 Å². The number of benzene rings is 1. The van der Waals surface area contributed by atoms with Crippen molar-refractivity contribution in [1.29, 1.82) is 0 Å². The number of carbonyl (C=O) groups excluding carboxylic acids is 2. The standard InChI is InChI=1S/C28H27F2N5O4/c1-15-5-4-6-22(16(2)7-9-19(15)28(38)39)34-27(37)24-12-23(33-25-17(3)13-32-35(24)25)26(36)31-14-18-8-10-20(29)21(30)11-18/h7-13,22H,2,4-6,14H2,1,3H3,(H,31,36)(H,34,37)(H,38,39)/b9-7-,19-15+. The number of halogens is 2. The lowest BCUT2D eigenvalue weighted by atomic mass is 10.0. The molecule has 202 valence electrons. The summed E-state index contributed by atoms with van der Waals surface area (Å²) in [5.74, 6) is -4.18. The second kappa shape index (κ2) is 11.4. The molecule has 2 aromatic heterocycles. The number of nitrogens with one attached hydrogen (secondary N) is 2. The van der Waals surface area contributed by atoms with Crippen LogP contribution in [0.3, 0.4) is 0 Å². The first kappa shape index (κ1) is 27.4. The zero-order chi connectivity index (χ0) is 28.3. The van der Waals surface area contributed by atoms with Crippen LogP contribution in [-0.4, -0.2) is 43.5 Å². The van der Waals surface area contributed by atoms with Crippen LogP contribution in [-0.2, 0) is 11.3 Å². The van der Waals surface area contributed by atoms with E-state index in [1.807, 2.05) is 0 Å². The molecule has 0 saturated heterocycles. The lowest BCUT2D eigenvalue weighted by molar-refractivity contribution is -0.132. The van der Waals surface area contributed by atoms with Gasteiger partial charge in [0.05, 0.1) is 17.8 Å². The van der Waals surface area contributed by atoms with Crippen LogP contribution in [0.1, 0.15) is 58.3 Å². The third-order valence-electron chi connectivity index (χ3n) is 6.50. The van der Waals surface area contributed by atoms with Crippen LogP contribution in [0.4, 0.5) is 8.78 Å². The zero-order valence-electron chi connectivity index (χ0n) is 21.4. The zero-order valence-corrected chi connectivity index (χ0v) is 21.4. The molecule has 11 heteroatoms. The highest BCUT2D eigenvalue weighted by molar-refractivity contribution is 5.98. The summed E-state index contributed by atoms with van der Waals surface area (Å²) in [6.45, 7) is 7.44. The molecule has 9 nitrogen and oxygen atoms in total. The predicted octanol–water partition coefficient (Wildman–Crippen LogP) is 4.04. The van der Waals surface area contributed by atoms with Crippen molar-refractivity contribution in [3.8, 4) is 0 Å². The molecule has 3 N–H and O–H groups in total. The van der Waals surface area contributed by atoms with Crippen LogP contribution in [0.5, 0.6) is 0 Å². The minimum absolute atomic E-state index is 0.0575. The molecule has 1 aromatic carbocycles. The van der Waals surface area contributed by atoms with Gasteiger partial charge in [-0.1, -0.05) is 24.3 Å². The van der Waals surface area contributed by atoms with Crippen molar-refractivity contribution in [2.24, 2.45) is 0 Å². The average molecular weight is 536 g/mol. The molecule has 0 fully saturated rings. The molecule has 3 aromatic rings. The second-order valence-electron chi connectivity index (χ2n) is 9.35. The Hall–Kier alpha value is -4.67. The van der Waals surface area contributed by atoms with E-state index in [0.29, 0.717) is 41.6 Å². The molecule has 0 bridgehead atoms. The highest BCUT2D eigenvalue weighted by Crippen LogP contribution is 2.21. The van der Waals surface area contributed by atoms with Gasteiger partial charge in [0, 0.05) is 18.2 Å². The molecule has 1 unspecified atom stereocenters. The molecule has 0 aliphatic heterocycles. The smallest absolute Gasteiger partial charge is 0.335 e. The Morgan fingerprint density at radius 1 is 1.13 bits per heavy atom. The van der Waals surface area contributed by atoms with Crippen molar-refractivity contribution in [2.75, 3.05) is 0 Å². The first-order valence-corrected chi connectivity index (χ1v) is 12.2. The van der Waals surface area contributed by atoms with Gasteiger partial charge in [-0.25, -0.2) is 23.1 Å². The Bertz CT molecular complexity index is 1560. The molecule has 2 heterocycles. The van der Waals surface area contributed by atoms with Gasteiger partial charge in [-0.15, -0.1) is 0 Å². The SMILES string of the molecule is C=C1/C=C\C(C(=O)O)=C(\C)CCCC1NC(=O)c1cc(C(=O)NCc2ccc(F)c(F)c2)nc2c(C)cnn12. The molecule has 0 radical (unpaired) electrons. The lowest BCUT2D eigenvalue weighted by Crippen LogP contribution is -2.37. The van der Waals surface area contributed by atoms with E-state index < -0.39 is 35.5 Å². The Morgan fingerprint density at radius 2 is 1.90 bits per heavy atom. The molecule has 1 atom stereocenters. The summed E-state index contributed by atoms with van der Waals surface area (Å²) >= 11 is 0. The predicted molar refractivity (Wildman–Crippen MR) is 139 cm³/mol. The summed E-state index contributed by atoms with van der Waals surface area (Å²) in [6.07, 6.45) is 6.28. The van der Waals surface area contributed by atoms with Crippen LogP contribution in [0, 0.1) is 18.6 Å². The van der Waals surface area contributed by atoms with Gasteiger partial charge in [0.1, 0.15) is 11.4 Å². The molecule has 4 rings (SSSR count). The maximum absolute atomic E-state index is 13.5.